The van der Waals surface area contributed by atoms with Crippen molar-refractivity contribution < 1.29 is 27.8 Å². The first-order valence-corrected chi connectivity index (χ1v) is 4.72. The molecule has 0 unspecified atom stereocenters. The average Bonchev–Trinajstić information content (AvgIpc) is 2.15. The summed E-state index contributed by atoms with van der Waals surface area (Å²) in [6.45, 7) is 2.37. The van der Waals surface area contributed by atoms with Crippen LogP contribution in [0.1, 0.15) is 19.4 Å². The minimum atomic E-state index is -4.50. The van der Waals surface area contributed by atoms with Gasteiger partial charge in [0.1, 0.15) is 5.75 Å². The highest BCUT2D eigenvalue weighted by Gasteiger charge is 2.31. The van der Waals surface area contributed by atoms with Crippen LogP contribution in [0.15, 0.2) is 24.3 Å². The normalized spacial score (nSPS) is 12.4. The number of aliphatic hydroxyl groups is 1. The molecule has 0 aliphatic heterocycles. The van der Waals surface area contributed by atoms with E-state index in [9.17, 15) is 23.1 Å². The van der Waals surface area contributed by atoms with Gasteiger partial charge in [0.15, 0.2) is 5.60 Å². The Bertz CT molecular complexity index is 419. The van der Waals surface area contributed by atoms with E-state index in [0.29, 0.717) is 6.07 Å². The topological polar surface area (TPSA) is 46.5 Å². The smallest absolute Gasteiger partial charge is 0.416 e. The van der Waals surface area contributed by atoms with Crippen molar-refractivity contribution in [3.05, 3.63) is 29.8 Å². The Morgan fingerprint density at radius 1 is 1.29 bits per heavy atom. The number of benzene rings is 1. The van der Waals surface area contributed by atoms with E-state index < -0.39 is 23.3 Å². The predicted octanol–water partition coefficient (Wildman–Crippen LogP) is 2.38. The molecule has 0 amide bonds. The highest BCUT2D eigenvalue weighted by atomic mass is 19.4. The van der Waals surface area contributed by atoms with Crippen molar-refractivity contribution in [3.63, 3.8) is 0 Å². The number of ether oxygens (including phenoxy) is 1. The van der Waals surface area contributed by atoms with Gasteiger partial charge in [-0.15, -0.1) is 0 Å². The van der Waals surface area contributed by atoms with Crippen LogP contribution in [-0.4, -0.2) is 16.7 Å². The van der Waals surface area contributed by atoms with Crippen molar-refractivity contribution in [2.24, 2.45) is 0 Å². The van der Waals surface area contributed by atoms with Gasteiger partial charge in [0.05, 0.1) is 5.56 Å². The third-order valence-corrected chi connectivity index (χ3v) is 1.87. The molecule has 0 spiro atoms. The molecule has 0 fully saturated rings. The zero-order valence-corrected chi connectivity index (χ0v) is 9.21. The van der Waals surface area contributed by atoms with Crippen LogP contribution in [0.5, 0.6) is 5.75 Å². The summed E-state index contributed by atoms with van der Waals surface area (Å²) in [6.07, 6.45) is -4.50. The Balaban J connectivity index is 2.91. The fourth-order valence-electron chi connectivity index (χ4n) is 0.968. The van der Waals surface area contributed by atoms with E-state index in [1.165, 1.54) is 19.9 Å². The Morgan fingerprint density at radius 3 is 2.35 bits per heavy atom. The molecule has 94 valence electrons. The summed E-state index contributed by atoms with van der Waals surface area (Å²) >= 11 is 0. The molecule has 1 N–H and O–H groups in total. The van der Waals surface area contributed by atoms with E-state index >= 15 is 0 Å². The summed E-state index contributed by atoms with van der Waals surface area (Å²) in [5.41, 5.74) is -2.67. The Kier molecular flexibility index (Phi) is 3.47. The van der Waals surface area contributed by atoms with Gasteiger partial charge < -0.3 is 9.84 Å². The summed E-state index contributed by atoms with van der Waals surface area (Å²) in [7, 11) is 0. The molecule has 0 radical (unpaired) electrons. The molecule has 1 aromatic carbocycles. The van der Waals surface area contributed by atoms with Crippen LogP contribution >= 0.6 is 0 Å². The Morgan fingerprint density at radius 2 is 1.88 bits per heavy atom. The highest BCUT2D eigenvalue weighted by Crippen LogP contribution is 2.31. The van der Waals surface area contributed by atoms with E-state index in [2.05, 4.69) is 4.74 Å². The minimum Gasteiger partial charge on any atom is -0.424 e. The van der Waals surface area contributed by atoms with Crippen molar-refractivity contribution in [1.29, 1.82) is 0 Å². The fraction of sp³-hybridized carbons (Fsp3) is 0.364. The van der Waals surface area contributed by atoms with Gasteiger partial charge in [-0.2, -0.15) is 13.2 Å². The van der Waals surface area contributed by atoms with Crippen molar-refractivity contribution in [3.8, 4) is 5.75 Å². The van der Waals surface area contributed by atoms with Crippen LogP contribution in [0.2, 0.25) is 0 Å². The zero-order chi connectivity index (χ0) is 13.3. The number of carbonyl (C=O) groups excluding carboxylic acids is 1. The number of rotatable bonds is 2. The van der Waals surface area contributed by atoms with Crippen LogP contribution in [-0.2, 0) is 11.0 Å². The summed E-state index contributed by atoms with van der Waals surface area (Å²) < 4.78 is 41.7. The molecular formula is C11H11F3O3. The molecule has 0 heterocycles. The molecule has 0 bridgehead atoms. The van der Waals surface area contributed by atoms with Crippen molar-refractivity contribution in [1.82, 2.24) is 0 Å². The number of alkyl halides is 3. The number of halogens is 3. The second-order valence-electron chi connectivity index (χ2n) is 3.97. The molecule has 3 nitrogen and oxygen atoms in total. The standard InChI is InChI=1S/C11H11F3O3/c1-10(2,16)9(15)17-8-5-3-4-7(6-8)11(12,13)14/h3-6,16H,1-2H3. The summed E-state index contributed by atoms with van der Waals surface area (Å²) in [4.78, 5) is 11.2. The quantitative estimate of drug-likeness (QED) is 0.645. The number of hydrogen-bond acceptors (Lipinski definition) is 3. The molecule has 0 aliphatic rings. The van der Waals surface area contributed by atoms with Crippen molar-refractivity contribution in [2.45, 2.75) is 25.6 Å². The van der Waals surface area contributed by atoms with Gasteiger partial charge in [-0.25, -0.2) is 4.79 Å². The Hall–Kier alpha value is -1.56. The van der Waals surface area contributed by atoms with E-state index in [1.54, 1.807) is 0 Å². The van der Waals surface area contributed by atoms with Gasteiger partial charge in [-0.1, -0.05) is 6.07 Å². The van der Waals surface area contributed by atoms with Crippen LogP contribution in [0.3, 0.4) is 0 Å². The van der Waals surface area contributed by atoms with Crippen LogP contribution in [0, 0.1) is 0 Å². The molecule has 0 aliphatic carbocycles. The number of hydrogen-bond donors (Lipinski definition) is 1. The predicted molar refractivity (Wildman–Crippen MR) is 53.4 cm³/mol. The van der Waals surface area contributed by atoms with Crippen molar-refractivity contribution >= 4 is 5.97 Å². The molecule has 6 heteroatoms. The molecule has 0 atom stereocenters. The van der Waals surface area contributed by atoms with Crippen LogP contribution < -0.4 is 4.74 Å². The molecule has 0 saturated carbocycles. The summed E-state index contributed by atoms with van der Waals surface area (Å²) in [5.74, 6) is -1.27. The average molecular weight is 248 g/mol. The molecular weight excluding hydrogens is 237 g/mol. The fourth-order valence-corrected chi connectivity index (χ4v) is 0.968. The van der Waals surface area contributed by atoms with E-state index in [-0.39, 0.29) is 5.75 Å². The lowest BCUT2D eigenvalue weighted by atomic mass is 10.1. The maximum Gasteiger partial charge on any atom is 0.416 e. The third-order valence-electron chi connectivity index (χ3n) is 1.87. The molecule has 17 heavy (non-hydrogen) atoms. The van der Waals surface area contributed by atoms with Crippen LogP contribution in [0.4, 0.5) is 13.2 Å². The highest BCUT2D eigenvalue weighted by molar-refractivity contribution is 5.80. The second-order valence-corrected chi connectivity index (χ2v) is 3.97. The first-order chi connectivity index (χ1) is 7.60. The molecule has 0 saturated heterocycles. The SMILES string of the molecule is CC(C)(O)C(=O)Oc1cccc(C(F)(F)F)c1. The Labute approximate surface area is 95.8 Å². The zero-order valence-electron chi connectivity index (χ0n) is 9.21. The van der Waals surface area contributed by atoms with Gasteiger partial charge in [0.25, 0.3) is 0 Å². The van der Waals surface area contributed by atoms with Crippen molar-refractivity contribution in [2.75, 3.05) is 0 Å². The van der Waals surface area contributed by atoms with E-state index in [1.807, 2.05) is 0 Å². The van der Waals surface area contributed by atoms with Gasteiger partial charge in [0.2, 0.25) is 0 Å². The lowest BCUT2D eigenvalue weighted by Gasteiger charge is -2.16. The third kappa shape index (κ3) is 3.74. The van der Waals surface area contributed by atoms with Gasteiger partial charge in [-0.3, -0.25) is 0 Å². The lowest BCUT2D eigenvalue weighted by molar-refractivity contribution is -0.152. The maximum atomic E-state index is 12.3. The minimum absolute atomic E-state index is 0.257. The molecule has 1 rings (SSSR count). The van der Waals surface area contributed by atoms with Gasteiger partial charge >= 0.3 is 12.1 Å². The second kappa shape index (κ2) is 4.37. The largest absolute Gasteiger partial charge is 0.424 e. The monoisotopic (exact) mass is 248 g/mol. The lowest BCUT2D eigenvalue weighted by Crippen LogP contribution is -2.35. The van der Waals surface area contributed by atoms with Crippen LogP contribution in [0.25, 0.3) is 0 Å². The van der Waals surface area contributed by atoms with Gasteiger partial charge in [0, 0.05) is 0 Å². The number of esters is 1. The molecule has 0 aromatic heterocycles. The summed E-state index contributed by atoms with van der Waals surface area (Å²) in [6, 6.07) is 3.89. The van der Waals surface area contributed by atoms with E-state index in [0.717, 1.165) is 12.1 Å². The first kappa shape index (κ1) is 13.5. The van der Waals surface area contributed by atoms with E-state index in [4.69, 9.17) is 0 Å². The first-order valence-electron chi connectivity index (χ1n) is 4.72. The summed E-state index contributed by atoms with van der Waals surface area (Å²) in [5, 5.41) is 9.28. The molecule has 1 aromatic rings. The maximum absolute atomic E-state index is 12.3. The number of carbonyl (C=O) groups is 1. The van der Waals surface area contributed by atoms with Gasteiger partial charge in [-0.05, 0) is 32.0 Å².